The second-order valence-corrected chi connectivity index (χ2v) is 5.68. The Bertz CT molecular complexity index is 425. The molecule has 0 bridgehead atoms. The Morgan fingerprint density at radius 3 is 2.95 bits per heavy atom. The smallest absolute Gasteiger partial charge is 0.121 e. The van der Waals surface area contributed by atoms with Crippen molar-refractivity contribution in [3.05, 3.63) is 28.2 Å². The normalized spacial score (nSPS) is 20.6. The summed E-state index contributed by atoms with van der Waals surface area (Å²) in [5, 5.41) is 14.1. The maximum Gasteiger partial charge on any atom is 0.121 e. The Labute approximate surface area is 129 Å². The quantitative estimate of drug-likeness (QED) is 0.846. The van der Waals surface area contributed by atoms with Crippen molar-refractivity contribution >= 4 is 23.2 Å². The van der Waals surface area contributed by atoms with Gasteiger partial charge < -0.3 is 19.9 Å². The van der Waals surface area contributed by atoms with Crippen LogP contribution in [0.1, 0.15) is 12.8 Å². The SMILES string of the molecule is OC(CNC1CCCOC1)COc1ccc(Cl)c(Cl)c1. The summed E-state index contributed by atoms with van der Waals surface area (Å²) in [4.78, 5) is 0. The van der Waals surface area contributed by atoms with Gasteiger partial charge in [-0.2, -0.15) is 0 Å². The number of halogens is 2. The molecular formula is C14H19Cl2NO3. The Hall–Kier alpha value is -0.520. The average molecular weight is 320 g/mol. The molecule has 20 heavy (non-hydrogen) atoms. The van der Waals surface area contributed by atoms with Crippen LogP contribution in [0.15, 0.2) is 18.2 Å². The minimum Gasteiger partial charge on any atom is -0.491 e. The molecule has 0 aromatic heterocycles. The van der Waals surface area contributed by atoms with E-state index in [4.69, 9.17) is 32.7 Å². The van der Waals surface area contributed by atoms with E-state index in [0.717, 1.165) is 19.4 Å². The number of aliphatic hydroxyl groups is 1. The third-order valence-electron chi connectivity index (χ3n) is 3.14. The standard InChI is InChI=1S/C14H19Cl2NO3/c15-13-4-3-12(6-14(13)16)20-9-11(18)7-17-10-2-1-5-19-8-10/h3-4,6,10-11,17-18H,1-2,5,7-9H2. The van der Waals surface area contributed by atoms with Crippen LogP contribution in [0.3, 0.4) is 0 Å². The van der Waals surface area contributed by atoms with Gasteiger partial charge in [0.25, 0.3) is 0 Å². The summed E-state index contributed by atoms with van der Waals surface area (Å²) >= 11 is 11.7. The van der Waals surface area contributed by atoms with Crippen molar-refractivity contribution in [2.24, 2.45) is 0 Å². The van der Waals surface area contributed by atoms with Crippen molar-refractivity contribution in [1.82, 2.24) is 5.32 Å². The molecule has 0 radical (unpaired) electrons. The molecule has 1 fully saturated rings. The molecule has 2 rings (SSSR count). The molecule has 2 N–H and O–H groups in total. The predicted octanol–water partition coefficient (Wildman–Crippen LogP) is 2.50. The Morgan fingerprint density at radius 2 is 2.25 bits per heavy atom. The third kappa shape index (κ3) is 5.11. The Morgan fingerprint density at radius 1 is 1.40 bits per heavy atom. The van der Waals surface area contributed by atoms with Gasteiger partial charge in [-0.3, -0.25) is 0 Å². The summed E-state index contributed by atoms with van der Waals surface area (Å²) < 4.78 is 10.8. The minimum atomic E-state index is -0.577. The molecule has 1 heterocycles. The molecule has 0 saturated carbocycles. The summed E-state index contributed by atoms with van der Waals surface area (Å²) in [6, 6.07) is 5.36. The van der Waals surface area contributed by atoms with E-state index in [1.54, 1.807) is 18.2 Å². The van der Waals surface area contributed by atoms with E-state index in [2.05, 4.69) is 5.32 Å². The van der Waals surface area contributed by atoms with Gasteiger partial charge >= 0.3 is 0 Å². The van der Waals surface area contributed by atoms with E-state index in [-0.39, 0.29) is 6.61 Å². The van der Waals surface area contributed by atoms with Crippen LogP contribution in [0.25, 0.3) is 0 Å². The monoisotopic (exact) mass is 319 g/mol. The molecule has 1 aliphatic heterocycles. The van der Waals surface area contributed by atoms with Gasteiger partial charge in [-0.15, -0.1) is 0 Å². The van der Waals surface area contributed by atoms with E-state index in [0.29, 0.717) is 35.0 Å². The van der Waals surface area contributed by atoms with Gasteiger partial charge in [0.15, 0.2) is 0 Å². The first kappa shape index (κ1) is 15.9. The second kappa shape index (κ2) is 8.05. The van der Waals surface area contributed by atoms with Crippen molar-refractivity contribution < 1.29 is 14.6 Å². The van der Waals surface area contributed by atoms with Crippen LogP contribution < -0.4 is 10.1 Å². The second-order valence-electron chi connectivity index (χ2n) is 4.86. The number of hydrogen-bond donors (Lipinski definition) is 2. The Balaban J connectivity index is 1.68. The molecule has 0 aliphatic carbocycles. The van der Waals surface area contributed by atoms with Gasteiger partial charge in [0.05, 0.1) is 16.7 Å². The highest BCUT2D eigenvalue weighted by molar-refractivity contribution is 6.42. The molecule has 112 valence electrons. The van der Waals surface area contributed by atoms with Gasteiger partial charge in [-0.05, 0) is 25.0 Å². The molecule has 0 spiro atoms. The molecule has 0 amide bonds. The zero-order chi connectivity index (χ0) is 14.4. The van der Waals surface area contributed by atoms with Gasteiger partial charge in [0.1, 0.15) is 18.5 Å². The number of nitrogens with one attached hydrogen (secondary N) is 1. The fourth-order valence-electron chi connectivity index (χ4n) is 2.02. The van der Waals surface area contributed by atoms with Crippen LogP contribution in [0, 0.1) is 0 Å². The van der Waals surface area contributed by atoms with E-state index in [1.165, 1.54) is 0 Å². The summed E-state index contributed by atoms with van der Waals surface area (Å²) in [5.41, 5.74) is 0. The van der Waals surface area contributed by atoms with Gasteiger partial charge in [0.2, 0.25) is 0 Å². The highest BCUT2D eigenvalue weighted by Crippen LogP contribution is 2.26. The lowest BCUT2D eigenvalue weighted by Crippen LogP contribution is -2.42. The summed E-state index contributed by atoms with van der Waals surface area (Å²) in [6.07, 6.45) is 1.57. The number of benzene rings is 1. The fourth-order valence-corrected chi connectivity index (χ4v) is 2.31. The number of hydrogen-bond acceptors (Lipinski definition) is 4. The van der Waals surface area contributed by atoms with Crippen molar-refractivity contribution in [3.8, 4) is 5.75 Å². The number of aliphatic hydroxyl groups excluding tert-OH is 1. The first-order valence-electron chi connectivity index (χ1n) is 6.72. The molecule has 1 aromatic carbocycles. The Kier molecular flexibility index (Phi) is 6.39. The molecule has 2 unspecified atom stereocenters. The topological polar surface area (TPSA) is 50.7 Å². The summed E-state index contributed by atoms with van der Waals surface area (Å²) in [5.74, 6) is 0.597. The maximum atomic E-state index is 9.88. The van der Waals surface area contributed by atoms with Gasteiger partial charge in [-0.25, -0.2) is 0 Å². The van der Waals surface area contributed by atoms with Crippen molar-refractivity contribution in [2.75, 3.05) is 26.4 Å². The van der Waals surface area contributed by atoms with E-state index in [9.17, 15) is 5.11 Å². The van der Waals surface area contributed by atoms with E-state index >= 15 is 0 Å². The zero-order valence-electron chi connectivity index (χ0n) is 11.1. The molecule has 2 atom stereocenters. The fraction of sp³-hybridized carbons (Fsp3) is 0.571. The van der Waals surface area contributed by atoms with Crippen LogP contribution in [0.5, 0.6) is 5.75 Å². The van der Waals surface area contributed by atoms with Gasteiger partial charge in [-0.1, -0.05) is 23.2 Å². The molecule has 6 heteroatoms. The van der Waals surface area contributed by atoms with Crippen LogP contribution in [-0.4, -0.2) is 43.6 Å². The minimum absolute atomic E-state index is 0.207. The highest BCUT2D eigenvalue weighted by atomic mass is 35.5. The lowest BCUT2D eigenvalue weighted by Gasteiger charge is -2.24. The first-order chi connectivity index (χ1) is 9.65. The van der Waals surface area contributed by atoms with Crippen LogP contribution in [0.2, 0.25) is 10.0 Å². The van der Waals surface area contributed by atoms with Crippen molar-refractivity contribution in [1.29, 1.82) is 0 Å². The van der Waals surface area contributed by atoms with Crippen LogP contribution in [-0.2, 0) is 4.74 Å². The molecule has 1 aromatic rings. The van der Waals surface area contributed by atoms with Crippen molar-refractivity contribution in [3.63, 3.8) is 0 Å². The number of rotatable bonds is 6. The van der Waals surface area contributed by atoms with Crippen LogP contribution in [0.4, 0.5) is 0 Å². The first-order valence-corrected chi connectivity index (χ1v) is 7.48. The molecule has 1 saturated heterocycles. The molecule has 4 nitrogen and oxygen atoms in total. The summed E-state index contributed by atoms with van der Waals surface area (Å²) in [6.45, 7) is 2.23. The maximum absolute atomic E-state index is 9.88. The zero-order valence-corrected chi connectivity index (χ0v) is 12.7. The third-order valence-corrected chi connectivity index (χ3v) is 3.87. The lowest BCUT2D eigenvalue weighted by molar-refractivity contribution is 0.0572. The highest BCUT2D eigenvalue weighted by Gasteiger charge is 2.15. The largest absolute Gasteiger partial charge is 0.491 e. The molecule has 1 aliphatic rings. The van der Waals surface area contributed by atoms with Crippen LogP contribution >= 0.6 is 23.2 Å². The molecular weight excluding hydrogens is 301 g/mol. The number of ether oxygens (including phenoxy) is 2. The average Bonchev–Trinajstić information content (AvgIpc) is 2.47. The van der Waals surface area contributed by atoms with Gasteiger partial charge in [0, 0.05) is 25.3 Å². The predicted molar refractivity (Wildman–Crippen MR) is 79.8 cm³/mol. The van der Waals surface area contributed by atoms with E-state index in [1.807, 2.05) is 0 Å². The van der Waals surface area contributed by atoms with E-state index < -0.39 is 6.10 Å². The summed E-state index contributed by atoms with van der Waals surface area (Å²) in [7, 11) is 0. The van der Waals surface area contributed by atoms with Crippen molar-refractivity contribution in [2.45, 2.75) is 25.0 Å². The lowest BCUT2D eigenvalue weighted by atomic mass is 10.1.